The van der Waals surface area contributed by atoms with Crippen molar-refractivity contribution < 1.29 is 22.6 Å². The van der Waals surface area contributed by atoms with Crippen LogP contribution in [0.25, 0.3) is 0 Å². The molecule has 0 aromatic carbocycles. The first kappa shape index (κ1) is 10.6. The van der Waals surface area contributed by atoms with Gasteiger partial charge in [-0.3, -0.25) is 0 Å². The molecule has 0 unspecified atom stereocenters. The van der Waals surface area contributed by atoms with Gasteiger partial charge in [0, 0.05) is 12.1 Å². The summed E-state index contributed by atoms with van der Waals surface area (Å²) in [5, 5.41) is 0. The van der Waals surface area contributed by atoms with Crippen molar-refractivity contribution in [3.8, 4) is 11.8 Å². The van der Waals surface area contributed by atoms with E-state index < -0.39 is 12.8 Å². The van der Waals surface area contributed by atoms with E-state index in [1.807, 2.05) is 0 Å². The maximum Gasteiger partial charge on any atom is 0.422 e. The molecule has 0 atom stereocenters. The van der Waals surface area contributed by atoms with E-state index in [0.717, 1.165) is 0 Å². The molecule has 1 aromatic heterocycles. The van der Waals surface area contributed by atoms with E-state index in [1.165, 1.54) is 25.3 Å². The lowest BCUT2D eigenvalue weighted by Gasteiger charge is -2.08. The van der Waals surface area contributed by atoms with Gasteiger partial charge in [0.2, 0.25) is 11.8 Å². The van der Waals surface area contributed by atoms with E-state index in [0.29, 0.717) is 0 Å². The highest BCUT2D eigenvalue weighted by atomic mass is 19.4. The quantitative estimate of drug-likeness (QED) is 0.759. The molecule has 0 amide bonds. The maximum atomic E-state index is 11.7. The fourth-order valence-corrected chi connectivity index (χ4v) is 0.746. The summed E-state index contributed by atoms with van der Waals surface area (Å²) in [5.74, 6) is 0.103. The van der Waals surface area contributed by atoms with Gasteiger partial charge < -0.3 is 9.47 Å². The van der Waals surface area contributed by atoms with E-state index >= 15 is 0 Å². The number of ether oxygens (including phenoxy) is 2. The molecule has 3 nitrogen and oxygen atoms in total. The van der Waals surface area contributed by atoms with E-state index in [4.69, 9.17) is 4.74 Å². The van der Waals surface area contributed by atoms with Crippen molar-refractivity contribution in [2.45, 2.75) is 6.18 Å². The van der Waals surface area contributed by atoms with Crippen LogP contribution >= 0.6 is 0 Å². The lowest BCUT2D eigenvalue weighted by Crippen LogP contribution is -2.19. The number of aromatic nitrogens is 1. The second kappa shape index (κ2) is 4.17. The third-order valence-corrected chi connectivity index (χ3v) is 1.29. The summed E-state index contributed by atoms with van der Waals surface area (Å²) in [6.45, 7) is -1.35. The van der Waals surface area contributed by atoms with Gasteiger partial charge in [-0.2, -0.15) is 18.2 Å². The Balaban J connectivity index is 2.59. The molecule has 1 rings (SSSR count). The summed E-state index contributed by atoms with van der Waals surface area (Å²) in [5.41, 5.74) is 0. The third-order valence-electron chi connectivity index (χ3n) is 1.29. The van der Waals surface area contributed by atoms with Crippen molar-refractivity contribution in [2.75, 3.05) is 13.7 Å². The second-order valence-corrected chi connectivity index (χ2v) is 2.42. The molecular weight excluding hydrogens is 199 g/mol. The predicted octanol–water partition coefficient (Wildman–Crippen LogP) is 2.03. The highest BCUT2D eigenvalue weighted by molar-refractivity contribution is 5.19. The highest BCUT2D eigenvalue weighted by Crippen LogP contribution is 2.18. The van der Waals surface area contributed by atoms with Crippen LogP contribution in [0.3, 0.4) is 0 Å². The summed E-state index contributed by atoms with van der Waals surface area (Å²) in [7, 11) is 1.37. The van der Waals surface area contributed by atoms with Crippen LogP contribution in [-0.2, 0) is 0 Å². The molecule has 78 valence electrons. The molecule has 1 heterocycles. The number of rotatable bonds is 3. The number of pyridine rings is 1. The fraction of sp³-hybridized carbons (Fsp3) is 0.375. The van der Waals surface area contributed by atoms with Crippen LogP contribution in [0.4, 0.5) is 13.2 Å². The lowest BCUT2D eigenvalue weighted by atomic mass is 10.5. The summed E-state index contributed by atoms with van der Waals surface area (Å²) in [6.07, 6.45) is -4.36. The van der Waals surface area contributed by atoms with Crippen LogP contribution in [0.2, 0.25) is 0 Å². The standard InChI is InChI=1S/C8H8F3NO2/c1-13-6-3-2-4-7(12-6)14-5-8(9,10)11/h2-4H,5H2,1H3. The van der Waals surface area contributed by atoms with E-state index in [-0.39, 0.29) is 11.8 Å². The minimum Gasteiger partial charge on any atom is -0.481 e. The zero-order chi connectivity index (χ0) is 10.6. The molecule has 0 saturated carbocycles. The van der Waals surface area contributed by atoms with Gasteiger partial charge >= 0.3 is 6.18 Å². The Kier molecular flexibility index (Phi) is 3.16. The first-order valence-electron chi connectivity index (χ1n) is 3.72. The summed E-state index contributed by atoms with van der Waals surface area (Å²) in [4.78, 5) is 3.65. The Morgan fingerprint density at radius 3 is 2.50 bits per heavy atom. The summed E-state index contributed by atoms with van der Waals surface area (Å²) < 4.78 is 44.3. The van der Waals surface area contributed by atoms with Gasteiger partial charge in [-0.05, 0) is 0 Å². The predicted molar refractivity (Wildman–Crippen MR) is 42.3 cm³/mol. The Bertz CT molecular complexity index is 301. The zero-order valence-electron chi connectivity index (χ0n) is 7.34. The third kappa shape index (κ3) is 3.51. The molecule has 6 heteroatoms. The lowest BCUT2D eigenvalue weighted by molar-refractivity contribution is -0.154. The van der Waals surface area contributed by atoms with Crippen LogP contribution in [0, 0.1) is 0 Å². The number of methoxy groups -OCH3 is 1. The van der Waals surface area contributed by atoms with Crippen molar-refractivity contribution in [3.05, 3.63) is 18.2 Å². The first-order valence-corrected chi connectivity index (χ1v) is 3.72. The first-order chi connectivity index (χ1) is 6.51. The van der Waals surface area contributed by atoms with Gasteiger partial charge in [-0.15, -0.1) is 0 Å². The van der Waals surface area contributed by atoms with Gasteiger partial charge in [0.15, 0.2) is 6.61 Å². The normalized spacial score (nSPS) is 11.1. The van der Waals surface area contributed by atoms with Crippen LogP contribution in [0.5, 0.6) is 11.8 Å². The summed E-state index contributed by atoms with van der Waals surface area (Å²) in [6, 6.07) is 4.34. The molecule has 0 fully saturated rings. The molecule has 1 aromatic rings. The fourth-order valence-electron chi connectivity index (χ4n) is 0.746. The van der Waals surface area contributed by atoms with E-state index in [2.05, 4.69) is 9.72 Å². The molecule has 0 radical (unpaired) electrons. The van der Waals surface area contributed by atoms with Crippen molar-refractivity contribution in [1.29, 1.82) is 0 Å². The Labute approximate surface area is 78.5 Å². The molecule has 0 N–H and O–H groups in total. The monoisotopic (exact) mass is 207 g/mol. The Hall–Kier alpha value is -1.46. The van der Waals surface area contributed by atoms with Gasteiger partial charge in [-0.1, -0.05) is 6.07 Å². The molecule has 0 aliphatic heterocycles. The minimum absolute atomic E-state index is 0.110. The van der Waals surface area contributed by atoms with Gasteiger partial charge in [-0.25, -0.2) is 0 Å². The molecule has 0 aliphatic carbocycles. The van der Waals surface area contributed by atoms with Crippen LogP contribution in [0.1, 0.15) is 0 Å². The second-order valence-electron chi connectivity index (χ2n) is 2.42. The number of hydrogen-bond acceptors (Lipinski definition) is 3. The average molecular weight is 207 g/mol. The van der Waals surface area contributed by atoms with Crippen LogP contribution in [0.15, 0.2) is 18.2 Å². The van der Waals surface area contributed by atoms with E-state index in [1.54, 1.807) is 0 Å². The molecule has 0 aliphatic rings. The molecule has 0 saturated heterocycles. The Morgan fingerprint density at radius 2 is 1.93 bits per heavy atom. The minimum atomic E-state index is -4.36. The van der Waals surface area contributed by atoms with Crippen molar-refractivity contribution >= 4 is 0 Å². The largest absolute Gasteiger partial charge is 0.481 e. The smallest absolute Gasteiger partial charge is 0.422 e. The molecular formula is C8H8F3NO2. The number of alkyl halides is 3. The number of nitrogens with zero attached hydrogens (tertiary/aromatic N) is 1. The maximum absolute atomic E-state index is 11.7. The van der Waals surface area contributed by atoms with Crippen molar-refractivity contribution in [3.63, 3.8) is 0 Å². The zero-order valence-corrected chi connectivity index (χ0v) is 7.34. The van der Waals surface area contributed by atoms with Gasteiger partial charge in [0.25, 0.3) is 0 Å². The van der Waals surface area contributed by atoms with Gasteiger partial charge in [0.1, 0.15) is 0 Å². The summed E-state index contributed by atoms with van der Waals surface area (Å²) >= 11 is 0. The Morgan fingerprint density at radius 1 is 1.29 bits per heavy atom. The molecule has 0 spiro atoms. The van der Waals surface area contributed by atoms with Crippen LogP contribution in [-0.4, -0.2) is 24.9 Å². The molecule has 0 bridgehead atoms. The van der Waals surface area contributed by atoms with E-state index in [9.17, 15) is 13.2 Å². The number of hydrogen-bond donors (Lipinski definition) is 0. The van der Waals surface area contributed by atoms with Gasteiger partial charge in [0.05, 0.1) is 7.11 Å². The van der Waals surface area contributed by atoms with Crippen molar-refractivity contribution in [1.82, 2.24) is 4.98 Å². The highest BCUT2D eigenvalue weighted by Gasteiger charge is 2.28. The number of halogens is 3. The van der Waals surface area contributed by atoms with Crippen LogP contribution < -0.4 is 9.47 Å². The average Bonchev–Trinajstić information content (AvgIpc) is 2.14. The van der Waals surface area contributed by atoms with Crippen molar-refractivity contribution in [2.24, 2.45) is 0 Å². The SMILES string of the molecule is COc1cccc(OCC(F)(F)F)n1. The topological polar surface area (TPSA) is 31.4 Å². The molecule has 14 heavy (non-hydrogen) atoms.